The van der Waals surface area contributed by atoms with Crippen molar-refractivity contribution in [3.63, 3.8) is 0 Å². The Morgan fingerprint density at radius 1 is 0.941 bits per heavy atom. The molecular formula is C14H17ClNP. The number of nitrogens with two attached hydrogens (primary N) is 1. The molecule has 3 heteroatoms. The topological polar surface area (TPSA) is 26.0 Å². The number of hydrogen-bond acceptors (Lipinski definition) is 1. The van der Waals surface area contributed by atoms with Crippen molar-refractivity contribution in [2.75, 3.05) is 6.66 Å². The van der Waals surface area contributed by atoms with Crippen molar-refractivity contribution < 1.29 is 0 Å². The van der Waals surface area contributed by atoms with Gasteiger partial charge in [-0.05, 0) is 0 Å². The molecule has 0 radical (unpaired) electrons. The van der Waals surface area contributed by atoms with Crippen LogP contribution >= 0.6 is 17.3 Å². The van der Waals surface area contributed by atoms with E-state index in [-0.39, 0.29) is 0 Å². The summed E-state index contributed by atoms with van der Waals surface area (Å²) in [7, 11) is 0. The second-order valence-electron chi connectivity index (χ2n) is 4.72. The van der Waals surface area contributed by atoms with Gasteiger partial charge in [0.05, 0.1) is 0 Å². The molecule has 0 unspecified atom stereocenters. The third kappa shape index (κ3) is 3.07. The zero-order chi connectivity index (χ0) is 12.4. The van der Waals surface area contributed by atoms with Crippen LogP contribution < -0.4 is 10.8 Å². The molecule has 2 aromatic carbocycles. The third-order valence-corrected chi connectivity index (χ3v) is 6.62. The molecule has 90 valence electrons. The Bertz CT molecular complexity index is 488. The molecule has 0 saturated carbocycles. The molecule has 0 heterocycles. The maximum atomic E-state index is 6.76. The summed E-state index contributed by atoms with van der Waals surface area (Å²) in [4.78, 5) is 0. The molecular weight excluding hydrogens is 249 g/mol. The zero-order valence-electron chi connectivity index (χ0n) is 9.88. The molecule has 0 aliphatic carbocycles. The molecule has 0 aliphatic rings. The second-order valence-corrected chi connectivity index (χ2v) is 11.9. The van der Waals surface area contributed by atoms with Crippen molar-refractivity contribution in [1.29, 1.82) is 0 Å². The maximum absolute atomic E-state index is 6.76. The monoisotopic (exact) mass is 265 g/mol. The van der Waals surface area contributed by atoms with Crippen LogP contribution in [0.1, 0.15) is 5.56 Å². The van der Waals surface area contributed by atoms with E-state index in [1.807, 2.05) is 55.2 Å². The van der Waals surface area contributed by atoms with Gasteiger partial charge in [0.1, 0.15) is 0 Å². The Kier molecular flexibility index (Phi) is 3.27. The van der Waals surface area contributed by atoms with Gasteiger partial charge >= 0.3 is 107 Å². The first-order valence-electron chi connectivity index (χ1n) is 5.59. The summed E-state index contributed by atoms with van der Waals surface area (Å²) >= 11 is 6.76. The number of hydrogen-bond donors (Lipinski definition) is 1. The molecule has 0 amide bonds. The number of halogens is 1. The Labute approximate surface area is 107 Å². The molecule has 2 N–H and O–H groups in total. The van der Waals surface area contributed by atoms with Gasteiger partial charge in [0.15, 0.2) is 0 Å². The minimum absolute atomic E-state index is 0.720. The van der Waals surface area contributed by atoms with E-state index in [0.29, 0.717) is 0 Å². The summed E-state index contributed by atoms with van der Waals surface area (Å²) in [5, 5.41) is 1.06. The van der Waals surface area contributed by atoms with Crippen molar-refractivity contribution in [3.8, 4) is 0 Å². The summed E-state index contributed by atoms with van der Waals surface area (Å²) in [5.74, 6) is 0. The molecule has 0 atom stereocenters. The summed E-state index contributed by atoms with van der Waals surface area (Å²) in [6.45, 7) is 2.00. The van der Waals surface area contributed by atoms with Crippen LogP contribution in [0.5, 0.6) is 0 Å². The van der Waals surface area contributed by atoms with E-state index in [1.165, 1.54) is 5.56 Å². The molecule has 0 spiro atoms. The van der Waals surface area contributed by atoms with E-state index in [9.17, 15) is 0 Å². The molecule has 17 heavy (non-hydrogen) atoms. The first-order valence-corrected chi connectivity index (χ1v) is 9.43. The van der Waals surface area contributed by atoms with E-state index >= 15 is 0 Å². The van der Waals surface area contributed by atoms with Crippen LogP contribution in [0.25, 0.3) is 0 Å². The molecule has 0 aromatic heterocycles. The normalized spacial score (nSPS) is 13.9. The van der Waals surface area contributed by atoms with Crippen LogP contribution in [0.15, 0.2) is 60.7 Å². The van der Waals surface area contributed by atoms with Gasteiger partial charge in [0.2, 0.25) is 0 Å². The summed E-state index contributed by atoms with van der Waals surface area (Å²) in [6, 6.07) is 20.2. The summed E-state index contributed by atoms with van der Waals surface area (Å²) < 4.78 is 0. The van der Waals surface area contributed by atoms with Crippen molar-refractivity contribution >= 4 is 22.7 Å². The van der Waals surface area contributed by atoms with Gasteiger partial charge in [-0.2, -0.15) is 0 Å². The zero-order valence-corrected chi connectivity index (χ0v) is 11.5. The van der Waals surface area contributed by atoms with E-state index in [4.69, 9.17) is 16.7 Å². The summed E-state index contributed by atoms with van der Waals surface area (Å²) in [6.07, 6.45) is -2.10. The molecule has 0 bridgehead atoms. The van der Waals surface area contributed by atoms with Gasteiger partial charge in [0, 0.05) is 0 Å². The summed E-state index contributed by atoms with van der Waals surface area (Å²) in [5.41, 5.74) is 7.70. The average Bonchev–Trinajstić information content (AvgIpc) is 2.30. The number of benzene rings is 2. The minimum atomic E-state index is -2.82. The Morgan fingerprint density at radius 3 is 1.94 bits per heavy atom. The average molecular weight is 266 g/mol. The Balaban J connectivity index is 2.35. The van der Waals surface area contributed by atoms with E-state index in [0.717, 1.165) is 11.5 Å². The molecule has 2 rings (SSSR count). The number of rotatable bonds is 3. The van der Waals surface area contributed by atoms with Crippen LogP contribution in [-0.4, -0.2) is 6.66 Å². The van der Waals surface area contributed by atoms with Crippen LogP contribution in [0.2, 0.25) is 0 Å². The molecule has 1 nitrogen and oxygen atoms in total. The van der Waals surface area contributed by atoms with Crippen molar-refractivity contribution in [3.05, 3.63) is 66.2 Å². The first-order chi connectivity index (χ1) is 7.96. The fourth-order valence-corrected chi connectivity index (χ4v) is 4.96. The van der Waals surface area contributed by atoms with Gasteiger partial charge in [-0.15, -0.1) is 0 Å². The van der Waals surface area contributed by atoms with Crippen molar-refractivity contribution in [2.45, 2.75) is 6.16 Å². The fourth-order valence-electron chi connectivity index (χ4n) is 1.95. The van der Waals surface area contributed by atoms with Crippen molar-refractivity contribution in [2.24, 2.45) is 5.50 Å². The molecule has 0 fully saturated rings. The molecule has 2 aromatic rings. The standard InChI is InChI=1S/C14H17ClNP/c1-17(15,16,14-10-6-3-7-11-14)12-13-8-4-2-5-9-13/h2-11H,12,16H2,1H3. The quantitative estimate of drug-likeness (QED) is 0.841. The Hall–Kier alpha value is -0.880. The molecule has 0 aliphatic heterocycles. The van der Waals surface area contributed by atoms with Crippen LogP contribution in [-0.2, 0) is 6.16 Å². The van der Waals surface area contributed by atoms with Gasteiger partial charge < -0.3 is 0 Å². The van der Waals surface area contributed by atoms with Crippen molar-refractivity contribution in [1.82, 2.24) is 0 Å². The van der Waals surface area contributed by atoms with Gasteiger partial charge in [-0.1, -0.05) is 0 Å². The SMILES string of the molecule is CP(N)(Cl)(Cc1ccccc1)c1ccccc1. The van der Waals surface area contributed by atoms with E-state index < -0.39 is 6.11 Å². The van der Waals surface area contributed by atoms with E-state index in [2.05, 4.69) is 12.1 Å². The molecule has 0 saturated heterocycles. The van der Waals surface area contributed by atoms with Crippen LogP contribution in [0, 0.1) is 0 Å². The third-order valence-electron chi connectivity index (χ3n) is 2.86. The Morgan fingerprint density at radius 2 is 1.41 bits per heavy atom. The van der Waals surface area contributed by atoms with Crippen LogP contribution in [0.3, 0.4) is 0 Å². The van der Waals surface area contributed by atoms with Crippen LogP contribution in [0.4, 0.5) is 0 Å². The first kappa shape index (κ1) is 12.6. The van der Waals surface area contributed by atoms with Gasteiger partial charge in [0.25, 0.3) is 0 Å². The second kappa shape index (κ2) is 4.42. The predicted molar refractivity (Wildman–Crippen MR) is 79.1 cm³/mol. The van der Waals surface area contributed by atoms with E-state index in [1.54, 1.807) is 0 Å². The fraction of sp³-hybridized carbons (Fsp3) is 0.143. The van der Waals surface area contributed by atoms with Gasteiger partial charge in [-0.3, -0.25) is 0 Å². The predicted octanol–water partition coefficient (Wildman–Crippen LogP) is 3.72. The van der Waals surface area contributed by atoms with Gasteiger partial charge in [-0.25, -0.2) is 0 Å².